The van der Waals surface area contributed by atoms with E-state index in [4.69, 9.17) is 4.74 Å². The Hall–Kier alpha value is -2.30. The van der Waals surface area contributed by atoms with Crippen LogP contribution in [0.1, 0.15) is 23.7 Å². The van der Waals surface area contributed by atoms with E-state index in [-0.39, 0.29) is 12.5 Å². The molecule has 0 aliphatic carbocycles. The van der Waals surface area contributed by atoms with Crippen molar-refractivity contribution in [2.75, 3.05) is 11.9 Å². The number of hydrogen-bond acceptors (Lipinski definition) is 3. The third-order valence-electron chi connectivity index (χ3n) is 3.59. The summed E-state index contributed by atoms with van der Waals surface area (Å²) in [6.07, 6.45) is 1.66. The van der Waals surface area contributed by atoms with Crippen LogP contribution in [0.4, 0.5) is 5.69 Å². The summed E-state index contributed by atoms with van der Waals surface area (Å²) < 4.78 is 7.42. The second kappa shape index (κ2) is 6.43. The predicted octanol–water partition coefficient (Wildman–Crippen LogP) is 2.85. The summed E-state index contributed by atoms with van der Waals surface area (Å²) in [5, 5.41) is 7.01. The van der Waals surface area contributed by atoms with Gasteiger partial charge in [-0.3, -0.25) is 9.48 Å². The molecule has 1 amide bonds. The number of aryl methyl sites for hydroxylation is 2. The lowest BCUT2D eigenvalue weighted by Crippen LogP contribution is -2.20. The number of amides is 1. The fourth-order valence-corrected chi connectivity index (χ4v) is 2.10. The third-order valence-corrected chi connectivity index (χ3v) is 3.59. The van der Waals surface area contributed by atoms with Gasteiger partial charge in [-0.1, -0.05) is 12.1 Å². The molecule has 1 heterocycles. The van der Waals surface area contributed by atoms with E-state index in [0.29, 0.717) is 0 Å². The monoisotopic (exact) mass is 287 g/mol. The molecular weight excluding hydrogens is 266 g/mol. The minimum atomic E-state index is -0.186. The second-order valence-electron chi connectivity index (χ2n) is 4.99. The molecule has 0 radical (unpaired) electrons. The van der Waals surface area contributed by atoms with E-state index in [1.165, 1.54) is 0 Å². The second-order valence-corrected chi connectivity index (χ2v) is 4.99. The van der Waals surface area contributed by atoms with Crippen molar-refractivity contribution in [3.05, 3.63) is 41.2 Å². The molecule has 0 bridgehead atoms. The quantitative estimate of drug-likeness (QED) is 0.920. The number of rotatable bonds is 5. The highest BCUT2D eigenvalue weighted by Crippen LogP contribution is 2.20. The smallest absolute Gasteiger partial charge is 0.262 e. The summed E-state index contributed by atoms with van der Waals surface area (Å²) in [7, 11) is 0. The van der Waals surface area contributed by atoms with E-state index >= 15 is 0 Å². The maximum atomic E-state index is 12.0. The molecule has 5 heteroatoms. The van der Waals surface area contributed by atoms with Gasteiger partial charge in [0.05, 0.1) is 17.6 Å². The highest BCUT2D eigenvalue weighted by atomic mass is 16.5. The maximum Gasteiger partial charge on any atom is 0.262 e. The lowest BCUT2D eigenvalue weighted by atomic mass is 10.1. The summed E-state index contributed by atoms with van der Waals surface area (Å²) >= 11 is 0. The summed E-state index contributed by atoms with van der Waals surface area (Å²) in [6.45, 7) is 8.71. The minimum Gasteiger partial charge on any atom is -0.483 e. The molecule has 1 N–H and O–H groups in total. The molecule has 0 atom stereocenters. The number of benzene rings is 1. The van der Waals surface area contributed by atoms with Crippen LogP contribution in [0.2, 0.25) is 0 Å². The summed E-state index contributed by atoms with van der Waals surface area (Å²) in [5.74, 6) is 0.556. The van der Waals surface area contributed by atoms with Crippen molar-refractivity contribution in [1.29, 1.82) is 0 Å². The first-order valence-corrected chi connectivity index (χ1v) is 7.04. The van der Waals surface area contributed by atoms with Crippen LogP contribution in [0, 0.1) is 20.8 Å². The topological polar surface area (TPSA) is 56.2 Å². The fraction of sp³-hybridized carbons (Fsp3) is 0.375. The zero-order chi connectivity index (χ0) is 15.4. The number of nitrogens with zero attached hydrogens (tertiary/aromatic N) is 2. The van der Waals surface area contributed by atoms with Gasteiger partial charge in [-0.2, -0.15) is 5.10 Å². The van der Waals surface area contributed by atoms with Crippen LogP contribution in [0.3, 0.4) is 0 Å². The number of nitrogens with one attached hydrogen (secondary N) is 1. The lowest BCUT2D eigenvalue weighted by molar-refractivity contribution is -0.118. The first kappa shape index (κ1) is 15.1. The van der Waals surface area contributed by atoms with Crippen molar-refractivity contribution in [3.8, 4) is 5.75 Å². The SMILES string of the molecule is CCn1ncc(NC(=O)COc2cccc(C)c2C)c1C. The number of carbonyl (C=O) groups excluding carboxylic acids is 1. The highest BCUT2D eigenvalue weighted by molar-refractivity contribution is 5.92. The summed E-state index contributed by atoms with van der Waals surface area (Å²) in [5.41, 5.74) is 3.87. The van der Waals surface area contributed by atoms with Gasteiger partial charge < -0.3 is 10.1 Å². The molecule has 0 saturated carbocycles. The number of aromatic nitrogens is 2. The Bertz CT molecular complexity index is 647. The number of anilines is 1. The summed E-state index contributed by atoms with van der Waals surface area (Å²) in [6, 6.07) is 5.81. The van der Waals surface area contributed by atoms with Gasteiger partial charge in [0.15, 0.2) is 6.61 Å². The summed E-state index contributed by atoms with van der Waals surface area (Å²) in [4.78, 5) is 12.0. The Labute approximate surface area is 124 Å². The molecular formula is C16H21N3O2. The Kier molecular flexibility index (Phi) is 4.62. The average Bonchev–Trinajstić information content (AvgIpc) is 2.81. The number of ether oxygens (including phenoxy) is 1. The first-order chi connectivity index (χ1) is 10.0. The van der Waals surface area contributed by atoms with Gasteiger partial charge in [-0.25, -0.2) is 0 Å². The van der Waals surface area contributed by atoms with Crippen LogP contribution in [0.25, 0.3) is 0 Å². The molecule has 0 unspecified atom stereocenters. The number of hydrogen-bond donors (Lipinski definition) is 1. The normalized spacial score (nSPS) is 10.5. The van der Waals surface area contributed by atoms with Crippen molar-refractivity contribution in [1.82, 2.24) is 9.78 Å². The Morgan fingerprint density at radius 1 is 1.33 bits per heavy atom. The van der Waals surface area contributed by atoms with Crippen LogP contribution in [0.5, 0.6) is 5.75 Å². The van der Waals surface area contributed by atoms with Gasteiger partial charge in [0.1, 0.15) is 5.75 Å². The maximum absolute atomic E-state index is 12.0. The molecule has 112 valence electrons. The van der Waals surface area contributed by atoms with Gasteiger partial charge in [-0.05, 0) is 44.9 Å². The molecule has 0 spiro atoms. The van der Waals surface area contributed by atoms with Crippen LogP contribution < -0.4 is 10.1 Å². The molecule has 0 fully saturated rings. The molecule has 0 aliphatic rings. The molecule has 5 nitrogen and oxygen atoms in total. The highest BCUT2D eigenvalue weighted by Gasteiger charge is 2.10. The van der Waals surface area contributed by atoms with E-state index in [1.807, 2.05) is 50.6 Å². The van der Waals surface area contributed by atoms with E-state index < -0.39 is 0 Å². The van der Waals surface area contributed by atoms with Crippen molar-refractivity contribution in [3.63, 3.8) is 0 Å². The van der Waals surface area contributed by atoms with Gasteiger partial charge in [0.2, 0.25) is 0 Å². The Morgan fingerprint density at radius 3 is 2.76 bits per heavy atom. The average molecular weight is 287 g/mol. The van der Waals surface area contributed by atoms with Gasteiger partial charge in [-0.15, -0.1) is 0 Å². The molecule has 1 aromatic carbocycles. The van der Waals surface area contributed by atoms with E-state index in [0.717, 1.165) is 34.8 Å². The third kappa shape index (κ3) is 3.42. The molecule has 0 aliphatic heterocycles. The van der Waals surface area contributed by atoms with Crippen molar-refractivity contribution in [2.45, 2.75) is 34.2 Å². The zero-order valence-electron chi connectivity index (χ0n) is 12.9. The van der Waals surface area contributed by atoms with E-state index in [2.05, 4.69) is 10.4 Å². The van der Waals surface area contributed by atoms with Crippen LogP contribution in [0.15, 0.2) is 24.4 Å². The van der Waals surface area contributed by atoms with Crippen molar-refractivity contribution in [2.24, 2.45) is 0 Å². The van der Waals surface area contributed by atoms with E-state index in [1.54, 1.807) is 6.20 Å². The van der Waals surface area contributed by atoms with Gasteiger partial charge in [0.25, 0.3) is 5.91 Å². The van der Waals surface area contributed by atoms with Crippen LogP contribution in [-0.4, -0.2) is 22.3 Å². The Balaban J connectivity index is 1.96. The molecule has 21 heavy (non-hydrogen) atoms. The predicted molar refractivity (Wildman–Crippen MR) is 82.7 cm³/mol. The molecule has 2 rings (SSSR count). The lowest BCUT2D eigenvalue weighted by Gasteiger charge is -2.11. The molecule has 2 aromatic rings. The standard InChI is InChI=1S/C16H21N3O2/c1-5-19-13(4)14(9-17-19)18-16(20)10-21-15-8-6-7-11(2)12(15)3/h6-9H,5,10H2,1-4H3,(H,18,20). The van der Waals surface area contributed by atoms with Gasteiger partial charge in [0, 0.05) is 6.54 Å². The largest absolute Gasteiger partial charge is 0.483 e. The van der Waals surface area contributed by atoms with E-state index in [9.17, 15) is 4.79 Å². The molecule has 0 saturated heterocycles. The Morgan fingerprint density at radius 2 is 2.10 bits per heavy atom. The first-order valence-electron chi connectivity index (χ1n) is 7.04. The number of carbonyl (C=O) groups is 1. The fourth-order valence-electron chi connectivity index (χ4n) is 2.10. The van der Waals surface area contributed by atoms with Crippen LogP contribution >= 0.6 is 0 Å². The van der Waals surface area contributed by atoms with Crippen molar-refractivity contribution < 1.29 is 9.53 Å². The minimum absolute atomic E-state index is 0.0129. The zero-order valence-corrected chi connectivity index (χ0v) is 12.9. The van der Waals surface area contributed by atoms with Crippen LogP contribution in [-0.2, 0) is 11.3 Å². The van der Waals surface area contributed by atoms with Gasteiger partial charge >= 0.3 is 0 Å². The van der Waals surface area contributed by atoms with Crippen molar-refractivity contribution >= 4 is 11.6 Å². The molecule has 1 aromatic heterocycles.